The summed E-state index contributed by atoms with van der Waals surface area (Å²) < 4.78 is 5.67. The van der Waals surface area contributed by atoms with Gasteiger partial charge in [0, 0.05) is 6.61 Å². The maximum atomic E-state index is 10.8. The average molecular weight is 271 g/mol. The molecule has 0 radical (unpaired) electrons. The fraction of sp³-hybridized carbons (Fsp3) is 0.353. The third-order valence-electron chi connectivity index (χ3n) is 3.27. The minimum atomic E-state index is -1.14. The number of carbonyl (C=O) groups is 1. The van der Waals surface area contributed by atoms with E-state index in [2.05, 4.69) is 19.9 Å². The number of carbonyl (C=O) groups excluding carboxylic acids is 1. The molecule has 3 heteroatoms. The third-order valence-corrected chi connectivity index (χ3v) is 3.27. The highest BCUT2D eigenvalue weighted by Crippen LogP contribution is 2.19. The molecule has 1 unspecified atom stereocenters. The Kier molecular flexibility index (Phi) is 4.74. The number of carboxylic acids is 1. The van der Waals surface area contributed by atoms with Crippen molar-refractivity contribution in [3.05, 3.63) is 47.5 Å². The highest BCUT2D eigenvalue weighted by Gasteiger charge is 2.05. The summed E-state index contributed by atoms with van der Waals surface area (Å²) >= 11 is 0. The number of hydrogen-bond donors (Lipinski definition) is 0. The first-order chi connectivity index (χ1) is 9.60. The molecule has 0 amide bonds. The number of carboxylic acid groups (broad SMARTS) is 1. The molecule has 0 bridgehead atoms. The van der Waals surface area contributed by atoms with Crippen LogP contribution in [0.3, 0.4) is 0 Å². The summed E-state index contributed by atoms with van der Waals surface area (Å²) in [6.45, 7) is 4.94. The predicted molar refractivity (Wildman–Crippen MR) is 77.7 cm³/mol. The van der Waals surface area contributed by atoms with Crippen LogP contribution in [-0.4, -0.2) is 18.7 Å². The summed E-state index contributed by atoms with van der Waals surface area (Å²) in [7, 11) is 0. The van der Waals surface area contributed by atoms with Crippen LogP contribution in [0.2, 0.25) is 0 Å². The number of benzene rings is 2. The van der Waals surface area contributed by atoms with Crippen LogP contribution >= 0.6 is 0 Å². The molecule has 0 spiro atoms. The fourth-order valence-electron chi connectivity index (χ4n) is 2.26. The van der Waals surface area contributed by atoms with E-state index >= 15 is 0 Å². The minimum absolute atomic E-state index is 0.190. The van der Waals surface area contributed by atoms with Gasteiger partial charge in [-0.15, -0.1) is 0 Å². The van der Waals surface area contributed by atoms with Crippen molar-refractivity contribution in [3.8, 4) is 0 Å². The minimum Gasteiger partial charge on any atom is -0.545 e. The lowest BCUT2D eigenvalue weighted by molar-refractivity contribution is -0.255. The Hall–Kier alpha value is -1.87. The van der Waals surface area contributed by atoms with Gasteiger partial charge < -0.3 is 14.6 Å². The highest BCUT2D eigenvalue weighted by atomic mass is 16.5. The van der Waals surface area contributed by atoms with Gasteiger partial charge in [0.05, 0.1) is 12.1 Å². The monoisotopic (exact) mass is 271 g/mol. The van der Waals surface area contributed by atoms with E-state index in [1.807, 2.05) is 18.2 Å². The lowest BCUT2D eigenvalue weighted by atomic mass is 10.0. The van der Waals surface area contributed by atoms with Crippen LogP contribution in [-0.2, 0) is 11.2 Å². The van der Waals surface area contributed by atoms with Crippen molar-refractivity contribution in [2.24, 2.45) is 0 Å². The van der Waals surface area contributed by atoms with Crippen molar-refractivity contribution in [2.45, 2.75) is 32.8 Å². The van der Waals surface area contributed by atoms with Crippen molar-refractivity contribution in [3.63, 3.8) is 0 Å². The lowest BCUT2D eigenvalue weighted by Gasteiger charge is -2.13. The van der Waals surface area contributed by atoms with Crippen LogP contribution in [0.25, 0.3) is 10.8 Å². The summed E-state index contributed by atoms with van der Waals surface area (Å²) in [4.78, 5) is 10.8. The molecule has 2 rings (SSSR count). The Balaban J connectivity index is 2.17. The summed E-state index contributed by atoms with van der Waals surface area (Å²) in [6.07, 6.45) is 2.07. The molecule has 0 aliphatic carbocycles. The van der Waals surface area contributed by atoms with Gasteiger partial charge in [-0.25, -0.2) is 0 Å². The Morgan fingerprint density at radius 2 is 1.90 bits per heavy atom. The zero-order valence-electron chi connectivity index (χ0n) is 11.9. The van der Waals surface area contributed by atoms with Crippen LogP contribution in [0.1, 0.15) is 36.2 Å². The predicted octanol–water partition coefficient (Wildman–Crippen LogP) is 2.56. The van der Waals surface area contributed by atoms with Crippen molar-refractivity contribution < 1.29 is 14.6 Å². The van der Waals surface area contributed by atoms with Gasteiger partial charge in [-0.1, -0.05) is 37.3 Å². The second-order valence-electron chi connectivity index (χ2n) is 5.07. The van der Waals surface area contributed by atoms with E-state index in [0.29, 0.717) is 0 Å². The molecular weight excluding hydrogens is 252 g/mol. The fourth-order valence-corrected chi connectivity index (χ4v) is 2.26. The summed E-state index contributed by atoms with van der Waals surface area (Å²) in [5, 5.41) is 12.8. The zero-order valence-corrected chi connectivity index (χ0v) is 11.9. The molecule has 1 atom stereocenters. The van der Waals surface area contributed by atoms with E-state index in [1.165, 1.54) is 5.56 Å². The van der Waals surface area contributed by atoms with E-state index < -0.39 is 5.97 Å². The molecule has 0 saturated carbocycles. The van der Waals surface area contributed by atoms with E-state index in [9.17, 15) is 9.90 Å². The molecule has 20 heavy (non-hydrogen) atoms. The van der Waals surface area contributed by atoms with Gasteiger partial charge in [0.25, 0.3) is 0 Å². The van der Waals surface area contributed by atoms with Crippen molar-refractivity contribution in [1.29, 1.82) is 0 Å². The van der Waals surface area contributed by atoms with Gasteiger partial charge in [-0.05, 0) is 47.7 Å². The van der Waals surface area contributed by atoms with Gasteiger partial charge in [-0.2, -0.15) is 0 Å². The maximum absolute atomic E-state index is 10.8. The Bertz CT molecular complexity index is 604. The van der Waals surface area contributed by atoms with Crippen LogP contribution in [0.15, 0.2) is 36.4 Å². The normalized spacial score (nSPS) is 12.5. The molecule has 0 aromatic heterocycles. The van der Waals surface area contributed by atoms with E-state index in [1.54, 1.807) is 12.1 Å². The summed E-state index contributed by atoms with van der Waals surface area (Å²) in [5.74, 6) is -1.14. The number of rotatable bonds is 6. The van der Waals surface area contributed by atoms with Crippen LogP contribution in [0.5, 0.6) is 0 Å². The molecule has 0 fully saturated rings. The van der Waals surface area contributed by atoms with Crippen LogP contribution in [0, 0.1) is 0 Å². The van der Waals surface area contributed by atoms with Gasteiger partial charge >= 0.3 is 0 Å². The molecule has 2 aromatic rings. The van der Waals surface area contributed by atoms with Crippen molar-refractivity contribution >= 4 is 16.7 Å². The Labute approximate surface area is 119 Å². The highest BCUT2D eigenvalue weighted by molar-refractivity contribution is 5.93. The maximum Gasteiger partial charge on any atom is 0.0715 e. The van der Waals surface area contributed by atoms with Crippen LogP contribution < -0.4 is 5.11 Å². The van der Waals surface area contributed by atoms with E-state index in [4.69, 9.17) is 4.74 Å². The quantitative estimate of drug-likeness (QED) is 0.811. The summed E-state index contributed by atoms with van der Waals surface area (Å²) in [6, 6.07) is 11.1. The molecule has 0 N–H and O–H groups in total. The molecule has 3 nitrogen and oxygen atoms in total. The van der Waals surface area contributed by atoms with Gasteiger partial charge in [0.1, 0.15) is 0 Å². The molecule has 0 heterocycles. The number of ether oxygens (including phenoxy) is 1. The van der Waals surface area contributed by atoms with E-state index in [0.717, 1.165) is 30.2 Å². The number of fused-ring (bicyclic) bond motifs is 1. The largest absolute Gasteiger partial charge is 0.545 e. The lowest BCUT2D eigenvalue weighted by Crippen LogP contribution is -2.21. The van der Waals surface area contributed by atoms with Crippen LogP contribution in [0.4, 0.5) is 0 Å². The number of aromatic carboxylic acids is 1. The number of hydrogen-bond acceptors (Lipinski definition) is 3. The molecule has 2 aromatic carbocycles. The molecule has 0 aliphatic heterocycles. The second kappa shape index (κ2) is 6.53. The first kappa shape index (κ1) is 14.5. The first-order valence-electron chi connectivity index (χ1n) is 6.95. The van der Waals surface area contributed by atoms with Gasteiger partial charge in [-0.3, -0.25) is 0 Å². The Morgan fingerprint density at radius 1 is 1.20 bits per heavy atom. The molecule has 0 saturated heterocycles. The zero-order chi connectivity index (χ0) is 14.5. The molecule has 0 aliphatic rings. The topological polar surface area (TPSA) is 49.4 Å². The standard InChI is InChI=1S/C17H20O3/c1-3-8-20-12(2)9-13-4-5-15-11-16(17(18)19)7-6-14(15)10-13/h4-7,10-12H,3,8-9H2,1-2H3,(H,18,19)/p-1. The molecular formula is C17H19O3-. The Morgan fingerprint density at radius 3 is 2.60 bits per heavy atom. The second-order valence-corrected chi connectivity index (χ2v) is 5.07. The molecule has 106 valence electrons. The smallest absolute Gasteiger partial charge is 0.0715 e. The summed E-state index contributed by atoms with van der Waals surface area (Å²) in [5.41, 5.74) is 1.41. The van der Waals surface area contributed by atoms with Crippen molar-refractivity contribution in [2.75, 3.05) is 6.61 Å². The van der Waals surface area contributed by atoms with Crippen molar-refractivity contribution in [1.82, 2.24) is 0 Å². The SMILES string of the molecule is CCCOC(C)Cc1ccc2cc(C(=O)[O-])ccc2c1. The first-order valence-corrected chi connectivity index (χ1v) is 6.95. The van der Waals surface area contributed by atoms with Gasteiger partial charge in [0.15, 0.2) is 0 Å². The van der Waals surface area contributed by atoms with E-state index in [-0.39, 0.29) is 11.7 Å². The average Bonchev–Trinajstić information content (AvgIpc) is 2.44. The van der Waals surface area contributed by atoms with Gasteiger partial charge in [0.2, 0.25) is 0 Å². The third kappa shape index (κ3) is 3.58.